The summed E-state index contributed by atoms with van der Waals surface area (Å²) < 4.78 is 0. The Balaban J connectivity index is 1.48. The van der Waals surface area contributed by atoms with E-state index >= 15 is 0 Å². The van der Waals surface area contributed by atoms with Crippen LogP contribution in [0.15, 0.2) is 176 Å². The van der Waals surface area contributed by atoms with E-state index in [0.29, 0.717) is 0 Å². The molecular formula is C45H29N. The van der Waals surface area contributed by atoms with Crippen LogP contribution >= 0.6 is 0 Å². The van der Waals surface area contributed by atoms with Gasteiger partial charge in [-0.2, -0.15) is 0 Å². The van der Waals surface area contributed by atoms with E-state index in [1.807, 2.05) is 12.3 Å². The monoisotopic (exact) mass is 583 g/mol. The molecule has 0 N–H and O–H groups in total. The van der Waals surface area contributed by atoms with E-state index in [2.05, 4.69) is 164 Å². The van der Waals surface area contributed by atoms with E-state index in [-0.39, 0.29) is 0 Å². The Hall–Kier alpha value is -6.05. The van der Waals surface area contributed by atoms with E-state index in [4.69, 9.17) is 4.98 Å². The number of fused-ring (bicyclic) bond motifs is 4. The van der Waals surface area contributed by atoms with Crippen LogP contribution < -0.4 is 0 Å². The number of hydrogen-bond donors (Lipinski definition) is 0. The lowest BCUT2D eigenvalue weighted by Crippen LogP contribution is -1.95. The summed E-state index contributed by atoms with van der Waals surface area (Å²) in [6.07, 6.45) is 1.90. The van der Waals surface area contributed by atoms with Gasteiger partial charge in [-0.3, -0.25) is 4.98 Å². The van der Waals surface area contributed by atoms with Crippen LogP contribution in [0.2, 0.25) is 0 Å². The second kappa shape index (κ2) is 10.8. The van der Waals surface area contributed by atoms with E-state index in [1.54, 1.807) is 0 Å². The fourth-order valence-corrected chi connectivity index (χ4v) is 7.18. The number of aromatic nitrogens is 1. The Morgan fingerprint density at radius 3 is 1.61 bits per heavy atom. The van der Waals surface area contributed by atoms with Crippen LogP contribution in [0.1, 0.15) is 0 Å². The number of rotatable bonds is 4. The lowest BCUT2D eigenvalue weighted by Gasteiger charge is -2.21. The zero-order valence-corrected chi connectivity index (χ0v) is 25.2. The van der Waals surface area contributed by atoms with E-state index in [1.165, 1.54) is 71.3 Å². The van der Waals surface area contributed by atoms with Crippen LogP contribution in [0.5, 0.6) is 0 Å². The minimum Gasteiger partial charge on any atom is -0.256 e. The molecule has 0 spiro atoms. The molecule has 0 aliphatic rings. The molecule has 8 aromatic carbocycles. The molecule has 0 fully saturated rings. The first-order valence-electron chi connectivity index (χ1n) is 15.8. The number of nitrogens with zero attached hydrogens (tertiary/aromatic N) is 1. The number of benzene rings is 8. The molecule has 1 nitrogen and oxygen atoms in total. The molecule has 0 aliphatic heterocycles. The zero-order chi connectivity index (χ0) is 30.5. The summed E-state index contributed by atoms with van der Waals surface area (Å²) in [5, 5.41) is 8.52. The van der Waals surface area contributed by atoms with Crippen LogP contribution in [0, 0.1) is 0 Å². The van der Waals surface area contributed by atoms with Crippen molar-refractivity contribution in [2.45, 2.75) is 0 Å². The van der Waals surface area contributed by atoms with Gasteiger partial charge in [0.1, 0.15) is 0 Å². The van der Waals surface area contributed by atoms with Crippen molar-refractivity contribution in [3.05, 3.63) is 176 Å². The van der Waals surface area contributed by atoms with Crippen LogP contribution in [-0.4, -0.2) is 4.98 Å². The van der Waals surface area contributed by atoms with Gasteiger partial charge in [0.25, 0.3) is 0 Å². The van der Waals surface area contributed by atoms with Gasteiger partial charge in [0.2, 0.25) is 0 Å². The lowest BCUT2D eigenvalue weighted by atomic mass is 9.82. The lowest BCUT2D eigenvalue weighted by molar-refractivity contribution is 1.41. The summed E-state index contributed by atoms with van der Waals surface area (Å²) in [6, 6.07) is 61.6. The van der Waals surface area contributed by atoms with Crippen molar-refractivity contribution in [3.8, 4) is 44.5 Å². The average molecular weight is 584 g/mol. The first kappa shape index (κ1) is 26.4. The average Bonchev–Trinajstić information content (AvgIpc) is 3.13. The standard InChI is InChI=1S/C45H29N/c1-3-13-30(14-4-1)35-24-25-38-41(29-35)44(42-28-34-18-8-7-17-33(34)27-40(42)31-15-5-2-6-16-31)37-22-10-9-21-36(37)43(38)39-23-11-19-32-20-12-26-46-45(32)39/h1-29H. The summed E-state index contributed by atoms with van der Waals surface area (Å²) in [5.41, 5.74) is 10.7. The van der Waals surface area contributed by atoms with Crippen molar-refractivity contribution in [1.29, 1.82) is 0 Å². The van der Waals surface area contributed by atoms with Gasteiger partial charge in [-0.15, -0.1) is 0 Å². The molecular weight excluding hydrogens is 555 g/mol. The zero-order valence-electron chi connectivity index (χ0n) is 25.2. The van der Waals surface area contributed by atoms with Crippen LogP contribution in [0.25, 0.3) is 87.7 Å². The van der Waals surface area contributed by atoms with Gasteiger partial charge in [-0.1, -0.05) is 146 Å². The molecule has 1 aromatic heterocycles. The first-order chi connectivity index (χ1) is 22.8. The predicted molar refractivity (Wildman–Crippen MR) is 196 cm³/mol. The summed E-state index contributed by atoms with van der Waals surface area (Å²) in [4.78, 5) is 4.90. The Morgan fingerprint density at radius 1 is 0.304 bits per heavy atom. The molecule has 1 heteroatoms. The van der Waals surface area contributed by atoms with E-state index in [9.17, 15) is 0 Å². The molecule has 0 atom stereocenters. The second-order valence-corrected chi connectivity index (χ2v) is 11.9. The molecule has 46 heavy (non-hydrogen) atoms. The maximum absolute atomic E-state index is 4.90. The van der Waals surface area contributed by atoms with Gasteiger partial charge >= 0.3 is 0 Å². The molecule has 0 unspecified atom stereocenters. The third-order valence-electron chi connectivity index (χ3n) is 9.27. The van der Waals surface area contributed by atoms with Gasteiger partial charge < -0.3 is 0 Å². The minimum atomic E-state index is 1.02. The fourth-order valence-electron chi connectivity index (χ4n) is 7.18. The fraction of sp³-hybridized carbons (Fsp3) is 0. The van der Waals surface area contributed by atoms with Gasteiger partial charge in [0.15, 0.2) is 0 Å². The van der Waals surface area contributed by atoms with Gasteiger partial charge in [-0.25, -0.2) is 0 Å². The summed E-state index contributed by atoms with van der Waals surface area (Å²) >= 11 is 0. The Morgan fingerprint density at radius 2 is 0.870 bits per heavy atom. The molecule has 0 aliphatic carbocycles. The predicted octanol–water partition coefficient (Wildman–Crippen LogP) is 12.4. The molecule has 1 heterocycles. The topological polar surface area (TPSA) is 12.9 Å². The first-order valence-corrected chi connectivity index (χ1v) is 15.8. The summed E-state index contributed by atoms with van der Waals surface area (Å²) in [7, 11) is 0. The Bertz CT molecular complexity index is 2560. The van der Waals surface area contributed by atoms with Crippen LogP contribution in [0.3, 0.4) is 0 Å². The van der Waals surface area contributed by atoms with Gasteiger partial charge in [-0.05, 0) is 95.5 Å². The van der Waals surface area contributed by atoms with Crippen molar-refractivity contribution in [2.24, 2.45) is 0 Å². The van der Waals surface area contributed by atoms with E-state index in [0.717, 1.165) is 16.5 Å². The molecule has 0 amide bonds. The summed E-state index contributed by atoms with van der Waals surface area (Å²) in [5.74, 6) is 0. The molecule has 9 rings (SSSR count). The van der Waals surface area contributed by atoms with Crippen LogP contribution in [-0.2, 0) is 0 Å². The third-order valence-corrected chi connectivity index (χ3v) is 9.27. The highest BCUT2D eigenvalue weighted by atomic mass is 14.6. The third kappa shape index (κ3) is 4.29. The van der Waals surface area contributed by atoms with Crippen molar-refractivity contribution in [2.75, 3.05) is 0 Å². The minimum absolute atomic E-state index is 1.02. The van der Waals surface area contributed by atoms with Crippen molar-refractivity contribution in [3.63, 3.8) is 0 Å². The highest BCUT2D eigenvalue weighted by Gasteiger charge is 2.21. The highest BCUT2D eigenvalue weighted by Crippen LogP contribution is 2.48. The molecule has 9 aromatic rings. The second-order valence-electron chi connectivity index (χ2n) is 11.9. The molecule has 214 valence electrons. The van der Waals surface area contributed by atoms with Gasteiger partial charge in [0.05, 0.1) is 5.52 Å². The van der Waals surface area contributed by atoms with Gasteiger partial charge in [0, 0.05) is 17.1 Å². The molecule has 0 saturated carbocycles. The SMILES string of the molecule is c1ccc(-c2ccc3c(-c4cccc5cccnc45)c4ccccc4c(-c4cc5ccccc5cc4-c4ccccc4)c3c2)cc1. The smallest absolute Gasteiger partial charge is 0.0780 e. The van der Waals surface area contributed by atoms with Crippen molar-refractivity contribution < 1.29 is 0 Å². The van der Waals surface area contributed by atoms with Crippen LogP contribution in [0.4, 0.5) is 0 Å². The molecule has 0 bridgehead atoms. The number of pyridine rings is 1. The Labute approximate surface area is 268 Å². The van der Waals surface area contributed by atoms with E-state index < -0.39 is 0 Å². The molecule has 0 saturated heterocycles. The maximum atomic E-state index is 4.90. The number of hydrogen-bond acceptors (Lipinski definition) is 1. The normalized spacial score (nSPS) is 11.5. The quantitative estimate of drug-likeness (QED) is 0.188. The number of para-hydroxylation sites is 1. The largest absolute Gasteiger partial charge is 0.256 e. The van der Waals surface area contributed by atoms with Crippen molar-refractivity contribution in [1.82, 2.24) is 4.98 Å². The molecule has 0 radical (unpaired) electrons. The maximum Gasteiger partial charge on any atom is 0.0780 e. The Kier molecular flexibility index (Phi) is 6.21. The summed E-state index contributed by atoms with van der Waals surface area (Å²) in [6.45, 7) is 0. The van der Waals surface area contributed by atoms with Crippen molar-refractivity contribution >= 4 is 43.2 Å². The highest BCUT2D eigenvalue weighted by molar-refractivity contribution is 6.25.